The first-order valence-electron chi connectivity index (χ1n) is 8.88. The van der Waals surface area contributed by atoms with Gasteiger partial charge in [-0.25, -0.2) is 18.0 Å². The Morgan fingerprint density at radius 3 is 2.21 bits per heavy atom. The van der Waals surface area contributed by atoms with Crippen LogP contribution in [0.3, 0.4) is 0 Å². The molecule has 29 heavy (non-hydrogen) atoms. The van der Waals surface area contributed by atoms with E-state index in [2.05, 4.69) is 4.72 Å². The molecule has 0 saturated heterocycles. The molecule has 0 spiro atoms. The van der Waals surface area contributed by atoms with Gasteiger partial charge in [-0.2, -0.15) is 0 Å². The van der Waals surface area contributed by atoms with E-state index in [9.17, 15) is 18.0 Å². The van der Waals surface area contributed by atoms with Crippen molar-refractivity contribution in [2.45, 2.75) is 32.6 Å². The summed E-state index contributed by atoms with van der Waals surface area (Å²) in [7, 11) is -4.08. The number of ether oxygens (including phenoxy) is 2. The Labute approximate surface area is 175 Å². The van der Waals surface area contributed by atoms with Gasteiger partial charge in [-0.15, -0.1) is 0 Å². The molecule has 0 saturated carbocycles. The number of hydrogen-bond donors (Lipinski definition) is 1. The molecule has 0 bridgehead atoms. The van der Waals surface area contributed by atoms with E-state index in [1.807, 2.05) is 0 Å². The van der Waals surface area contributed by atoms with Crippen LogP contribution in [0.2, 0.25) is 5.02 Å². The van der Waals surface area contributed by atoms with Gasteiger partial charge in [0, 0.05) is 5.02 Å². The summed E-state index contributed by atoms with van der Waals surface area (Å²) >= 11 is 6.06. The Morgan fingerprint density at radius 2 is 1.59 bits per heavy atom. The molecule has 2 rings (SSSR count). The highest BCUT2D eigenvalue weighted by Gasteiger charge is 2.23. The average Bonchev–Trinajstić information content (AvgIpc) is 2.64. The van der Waals surface area contributed by atoms with E-state index in [4.69, 9.17) is 21.1 Å². The predicted molar refractivity (Wildman–Crippen MR) is 110 cm³/mol. The minimum absolute atomic E-state index is 0.00995. The number of anilines is 1. The fourth-order valence-electron chi connectivity index (χ4n) is 2.60. The summed E-state index contributed by atoms with van der Waals surface area (Å²) in [5.74, 6) is -1.36. The molecular weight excluding hydrogens is 418 g/mol. The molecule has 9 heteroatoms. The lowest BCUT2D eigenvalue weighted by atomic mass is 10.1. The third-order valence-electron chi connectivity index (χ3n) is 4.02. The van der Waals surface area contributed by atoms with E-state index in [-0.39, 0.29) is 34.9 Å². The number of carbonyl (C=O) groups excluding carboxylic acids is 2. The van der Waals surface area contributed by atoms with Crippen molar-refractivity contribution in [3.8, 4) is 0 Å². The molecule has 0 heterocycles. The monoisotopic (exact) mass is 439 g/mol. The van der Waals surface area contributed by atoms with Crippen LogP contribution in [0.4, 0.5) is 5.69 Å². The second kappa shape index (κ2) is 9.28. The van der Waals surface area contributed by atoms with E-state index in [0.717, 1.165) is 0 Å². The van der Waals surface area contributed by atoms with Crippen molar-refractivity contribution in [2.75, 3.05) is 17.9 Å². The van der Waals surface area contributed by atoms with Gasteiger partial charge in [0.2, 0.25) is 0 Å². The van der Waals surface area contributed by atoms with Gasteiger partial charge >= 0.3 is 11.9 Å². The minimum Gasteiger partial charge on any atom is -0.462 e. The van der Waals surface area contributed by atoms with Crippen molar-refractivity contribution in [3.63, 3.8) is 0 Å². The van der Waals surface area contributed by atoms with Gasteiger partial charge < -0.3 is 9.47 Å². The van der Waals surface area contributed by atoms with E-state index in [1.54, 1.807) is 33.8 Å². The summed E-state index contributed by atoms with van der Waals surface area (Å²) in [5, 5.41) is 0.443. The van der Waals surface area contributed by atoms with E-state index in [0.29, 0.717) is 16.1 Å². The summed E-state index contributed by atoms with van der Waals surface area (Å²) in [6, 6.07) is 6.94. The van der Waals surface area contributed by atoms with Crippen molar-refractivity contribution < 1.29 is 27.5 Å². The Balaban J connectivity index is 2.55. The Bertz CT molecular complexity index is 1050. The molecule has 0 fully saturated rings. The number of nitrogens with one attached hydrogen (secondary N) is 1. The normalized spacial score (nSPS) is 11.1. The van der Waals surface area contributed by atoms with Gasteiger partial charge in [-0.1, -0.05) is 11.6 Å². The van der Waals surface area contributed by atoms with Crippen LogP contribution in [0.1, 0.15) is 45.7 Å². The van der Waals surface area contributed by atoms with Gasteiger partial charge in [0.25, 0.3) is 10.0 Å². The second-order valence-electron chi connectivity index (χ2n) is 6.17. The SMILES string of the molecule is CCOC(=O)c1ccc(C(=O)OCC)c(NS(=O)(=O)c2cc(C)c(Cl)cc2C)c1. The van der Waals surface area contributed by atoms with Crippen molar-refractivity contribution in [2.24, 2.45) is 0 Å². The maximum absolute atomic E-state index is 13.0. The van der Waals surface area contributed by atoms with Crippen LogP contribution in [-0.4, -0.2) is 33.6 Å². The summed E-state index contributed by atoms with van der Waals surface area (Å²) in [5.41, 5.74) is 1.02. The average molecular weight is 440 g/mol. The van der Waals surface area contributed by atoms with Crippen LogP contribution >= 0.6 is 11.6 Å². The lowest BCUT2D eigenvalue weighted by molar-refractivity contribution is 0.0512. The molecule has 1 N–H and O–H groups in total. The Hall–Kier alpha value is -2.58. The summed E-state index contributed by atoms with van der Waals surface area (Å²) in [6.45, 7) is 6.85. The predicted octanol–water partition coefficient (Wildman–Crippen LogP) is 4.11. The highest BCUT2D eigenvalue weighted by molar-refractivity contribution is 7.92. The maximum atomic E-state index is 13.0. The molecule has 0 aliphatic heterocycles. The van der Waals surface area contributed by atoms with Crippen LogP contribution < -0.4 is 4.72 Å². The number of hydrogen-bond acceptors (Lipinski definition) is 6. The first-order chi connectivity index (χ1) is 13.6. The molecule has 156 valence electrons. The highest BCUT2D eigenvalue weighted by atomic mass is 35.5. The smallest absolute Gasteiger partial charge is 0.340 e. The maximum Gasteiger partial charge on any atom is 0.340 e. The zero-order chi connectivity index (χ0) is 21.8. The molecule has 0 aliphatic rings. The number of carbonyl (C=O) groups is 2. The van der Waals surface area contributed by atoms with Gasteiger partial charge in [0.05, 0.1) is 34.9 Å². The van der Waals surface area contributed by atoms with Crippen molar-refractivity contribution in [1.29, 1.82) is 0 Å². The number of aryl methyl sites for hydroxylation is 2. The minimum atomic E-state index is -4.08. The molecule has 2 aromatic carbocycles. The molecule has 7 nitrogen and oxygen atoms in total. The van der Waals surface area contributed by atoms with Gasteiger partial charge in [0.1, 0.15) is 0 Å². The third kappa shape index (κ3) is 5.27. The largest absolute Gasteiger partial charge is 0.462 e. The van der Waals surface area contributed by atoms with E-state index < -0.39 is 22.0 Å². The zero-order valence-corrected chi connectivity index (χ0v) is 18.1. The van der Waals surface area contributed by atoms with E-state index in [1.165, 1.54) is 24.3 Å². The number of sulfonamides is 1. The molecule has 0 unspecified atom stereocenters. The highest BCUT2D eigenvalue weighted by Crippen LogP contribution is 2.28. The van der Waals surface area contributed by atoms with Crippen LogP contribution in [0.25, 0.3) is 0 Å². The molecule has 0 aromatic heterocycles. The number of rotatable bonds is 7. The zero-order valence-electron chi connectivity index (χ0n) is 16.5. The summed E-state index contributed by atoms with van der Waals surface area (Å²) in [4.78, 5) is 24.3. The third-order valence-corrected chi connectivity index (χ3v) is 5.93. The molecule has 0 amide bonds. The number of halogens is 1. The first kappa shape index (κ1) is 22.7. The Kier molecular flexibility index (Phi) is 7.26. The summed E-state index contributed by atoms with van der Waals surface area (Å²) in [6.07, 6.45) is 0. The Morgan fingerprint density at radius 1 is 0.966 bits per heavy atom. The van der Waals surface area contributed by atoms with Crippen molar-refractivity contribution in [3.05, 3.63) is 57.6 Å². The number of benzene rings is 2. The van der Waals surface area contributed by atoms with Crippen molar-refractivity contribution >= 4 is 39.3 Å². The van der Waals surface area contributed by atoms with Gasteiger partial charge in [0.15, 0.2) is 0 Å². The fourth-order valence-corrected chi connectivity index (χ4v) is 4.20. The standard InChI is InChI=1S/C20H22ClNO6S/c1-5-27-19(23)14-7-8-15(20(24)28-6-2)17(11-14)22-29(25,26)18-10-12(3)16(21)9-13(18)4/h7-11,22H,5-6H2,1-4H3. The second-order valence-corrected chi connectivity index (χ2v) is 8.23. The van der Waals surface area contributed by atoms with Crippen molar-refractivity contribution in [1.82, 2.24) is 0 Å². The topological polar surface area (TPSA) is 98.8 Å². The van der Waals surface area contributed by atoms with Crippen LogP contribution in [0, 0.1) is 13.8 Å². The summed E-state index contributed by atoms with van der Waals surface area (Å²) < 4.78 is 38.3. The fraction of sp³-hybridized carbons (Fsp3) is 0.300. The lowest BCUT2D eigenvalue weighted by Crippen LogP contribution is -2.18. The molecule has 0 aliphatic carbocycles. The molecular formula is C20H22ClNO6S. The quantitative estimate of drug-likeness (QED) is 0.652. The van der Waals surface area contributed by atoms with Gasteiger partial charge in [-0.3, -0.25) is 4.72 Å². The van der Waals surface area contributed by atoms with Gasteiger partial charge in [-0.05, 0) is 69.2 Å². The molecule has 0 radical (unpaired) electrons. The van der Waals surface area contributed by atoms with E-state index >= 15 is 0 Å². The molecule has 2 aromatic rings. The molecule has 0 atom stereocenters. The van der Waals surface area contributed by atoms with Crippen LogP contribution in [0.15, 0.2) is 35.2 Å². The van der Waals surface area contributed by atoms with Crippen LogP contribution in [-0.2, 0) is 19.5 Å². The number of esters is 2. The first-order valence-corrected chi connectivity index (χ1v) is 10.7. The van der Waals surface area contributed by atoms with Crippen LogP contribution in [0.5, 0.6) is 0 Å². The lowest BCUT2D eigenvalue weighted by Gasteiger charge is -2.15.